The van der Waals surface area contributed by atoms with Crippen molar-refractivity contribution < 1.29 is 9.53 Å². The number of pyridine rings is 1. The summed E-state index contributed by atoms with van der Waals surface area (Å²) in [4.78, 5) is 18.7. The van der Waals surface area contributed by atoms with Crippen molar-refractivity contribution in [1.82, 2.24) is 4.98 Å². The molecule has 5 heteroatoms. The fourth-order valence-corrected chi connectivity index (χ4v) is 3.01. The number of hydrogen-bond donors (Lipinski definition) is 0. The van der Waals surface area contributed by atoms with Crippen molar-refractivity contribution in [2.45, 2.75) is 27.7 Å². The highest BCUT2D eigenvalue weighted by Crippen LogP contribution is 2.31. The quantitative estimate of drug-likeness (QED) is 0.598. The Morgan fingerprint density at radius 2 is 2.09 bits per heavy atom. The van der Waals surface area contributed by atoms with Gasteiger partial charge in [-0.1, -0.05) is 13.8 Å². The zero-order valence-electron chi connectivity index (χ0n) is 13.6. The van der Waals surface area contributed by atoms with Gasteiger partial charge in [-0.25, -0.2) is 9.78 Å². The lowest BCUT2D eigenvalue weighted by atomic mass is 10.0. The molecule has 2 heterocycles. The number of esters is 1. The Kier molecular flexibility index (Phi) is 5.62. The summed E-state index contributed by atoms with van der Waals surface area (Å²) in [7, 11) is 0. The Bertz CT molecular complexity index is 576. The largest absolute Gasteiger partial charge is 0.463 e. The van der Waals surface area contributed by atoms with E-state index >= 15 is 0 Å². The Balaban J connectivity index is 2.33. The minimum absolute atomic E-state index is 0.281. The van der Waals surface area contributed by atoms with Gasteiger partial charge in [0.1, 0.15) is 5.82 Å². The molecule has 0 aromatic carbocycles. The summed E-state index contributed by atoms with van der Waals surface area (Å²) in [6, 6.07) is 2.00. The van der Waals surface area contributed by atoms with Crippen LogP contribution >= 0.6 is 15.9 Å². The van der Waals surface area contributed by atoms with Crippen LogP contribution in [0.1, 0.15) is 33.3 Å². The molecular weight excluding hydrogens is 344 g/mol. The van der Waals surface area contributed by atoms with Gasteiger partial charge in [-0.2, -0.15) is 0 Å². The number of nitrogens with zero attached hydrogens (tertiary/aromatic N) is 2. The van der Waals surface area contributed by atoms with Crippen molar-refractivity contribution in [1.29, 1.82) is 0 Å². The Hall–Kier alpha value is -1.36. The van der Waals surface area contributed by atoms with Crippen LogP contribution in [0.25, 0.3) is 6.08 Å². The molecule has 22 heavy (non-hydrogen) atoms. The summed E-state index contributed by atoms with van der Waals surface area (Å²) in [5, 5.41) is 0. The highest BCUT2D eigenvalue weighted by atomic mass is 79.9. The van der Waals surface area contributed by atoms with Crippen molar-refractivity contribution in [2.75, 3.05) is 24.6 Å². The topological polar surface area (TPSA) is 42.4 Å². The number of carbonyl (C=O) groups excluding carboxylic acids is 1. The minimum atomic E-state index is -0.281. The number of aromatic nitrogens is 1. The molecule has 2 atom stereocenters. The van der Waals surface area contributed by atoms with E-state index in [0.29, 0.717) is 24.0 Å². The summed E-state index contributed by atoms with van der Waals surface area (Å²) >= 11 is 3.46. The molecule has 0 N–H and O–H groups in total. The molecule has 0 radical (unpaired) electrons. The van der Waals surface area contributed by atoms with E-state index in [0.717, 1.165) is 28.9 Å². The lowest BCUT2D eigenvalue weighted by molar-refractivity contribution is -0.138. The summed E-state index contributed by atoms with van der Waals surface area (Å²) in [5.74, 6) is 1.95. The minimum Gasteiger partial charge on any atom is -0.463 e. The Morgan fingerprint density at radius 3 is 2.68 bits per heavy atom. The molecule has 0 aliphatic carbocycles. The first-order valence-electron chi connectivity index (χ1n) is 7.68. The van der Waals surface area contributed by atoms with Gasteiger partial charge in [-0.05, 0) is 53.8 Å². The molecule has 0 bridgehead atoms. The summed E-state index contributed by atoms with van der Waals surface area (Å²) < 4.78 is 5.95. The standard InChI is InChI=1S/C17H23BrN2O2/c1-5-22-17(21)11(2)6-14-7-15(18)8-19-16(14)20-9-12(3)13(4)10-20/h6-8,12-13H,5,9-10H2,1-4H3/b11-6+. The van der Waals surface area contributed by atoms with Crippen molar-refractivity contribution in [2.24, 2.45) is 11.8 Å². The number of hydrogen-bond acceptors (Lipinski definition) is 4. The van der Waals surface area contributed by atoms with Crippen LogP contribution in [0.3, 0.4) is 0 Å². The van der Waals surface area contributed by atoms with Gasteiger partial charge in [0.2, 0.25) is 0 Å². The third-order valence-corrected chi connectivity index (χ3v) is 4.55. The number of ether oxygens (including phenoxy) is 1. The third kappa shape index (κ3) is 3.88. The van der Waals surface area contributed by atoms with Gasteiger partial charge in [0.25, 0.3) is 0 Å². The molecule has 120 valence electrons. The molecule has 0 spiro atoms. The molecule has 2 unspecified atom stereocenters. The monoisotopic (exact) mass is 366 g/mol. The highest BCUT2D eigenvalue weighted by molar-refractivity contribution is 9.10. The van der Waals surface area contributed by atoms with Gasteiger partial charge in [0.15, 0.2) is 0 Å². The second kappa shape index (κ2) is 7.27. The van der Waals surface area contributed by atoms with E-state index in [9.17, 15) is 4.79 Å². The molecule has 1 aromatic rings. The number of rotatable bonds is 4. The average molecular weight is 367 g/mol. The molecule has 2 rings (SSSR count). The molecule has 0 saturated carbocycles. The molecule has 1 aliphatic heterocycles. The predicted octanol–water partition coefficient (Wildman–Crippen LogP) is 3.90. The molecule has 1 aromatic heterocycles. The first-order valence-corrected chi connectivity index (χ1v) is 8.47. The van der Waals surface area contributed by atoms with E-state index in [1.807, 2.05) is 19.1 Å². The van der Waals surface area contributed by atoms with Gasteiger partial charge in [-0.15, -0.1) is 0 Å². The summed E-state index contributed by atoms with van der Waals surface area (Å²) in [6.07, 6.45) is 3.67. The molecule has 1 aliphatic rings. The van der Waals surface area contributed by atoms with Gasteiger partial charge >= 0.3 is 5.97 Å². The maximum absolute atomic E-state index is 11.8. The molecule has 1 saturated heterocycles. The van der Waals surface area contributed by atoms with Crippen molar-refractivity contribution >= 4 is 33.8 Å². The Morgan fingerprint density at radius 1 is 1.45 bits per heavy atom. The third-order valence-electron chi connectivity index (χ3n) is 4.12. The van der Waals surface area contributed by atoms with Crippen LogP contribution in [-0.4, -0.2) is 30.6 Å². The van der Waals surface area contributed by atoms with E-state index in [4.69, 9.17) is 4.74 Å². The summed E-state index contributed by atoms with van der Waals surface area (Å²) in [5.41, 5.74) is 1.53. The van der Waals surface area contributed by atoms with Gasteiger partial charge < -0.3 is 9.64 Å². The molecule has 4 nitrogen and oxygen atoms in total. The maximum atomic E-state index is 11.8. The first-order chi connectivity index (χ1) is 10.4. The number of halogens is 1. The molecule has 0 amide bonds. The van der Waals surface area contributed by atoms with E-state index in [-0.39, 0.29) is 5.97 Å². The first kappa shape index (κ1) is 17.0. The molecule has 1 fully saturated rings. The van der Waals surface area contributed by atoms with Gasteiger partial charge in [0.05, 0.1) is 6.61 Å². The van der Waals surface area contributed by atoms with Crippen molar-refractivity contribution in [3.8, 4) is 0 Å². The van der Waals surface area contributed by atoms with E-state index in [2.05, 4.69) is 39.7 Å². The van der Waals surface area contributed by atoms with E-state index in [1.165, 1.54) is 0 Å². The van der Waals surface area contributed by atoms with E-state index in [1.54, 1.807) is 13.1 Å². The molecular formula is C17H23BrN2O2. The van der Waals surface area contributed by atoms with Crippen molar-refractivity contribution in [3.05, 3.63) is 27.9 Å². The predicted molar refractivity (Wildman–Crippen MR) is 92.8 cm³/mol. The van der Waals surface area contributed by atoms with E-state index < -0.39 is 0 Å². The SMILES string of the molecule is CCOC(=O)/C(C)=C/c1cc(Br)cnc1N1CC(C)C(C)C1. The maximum Gasteiger partial charge on any atom is 0.333 e. The number of anilines is 1. The van der Waals surface area contributed by atoms with Crippen LogP contribution in [-0.2, 0) is 9.53 Å². The number of carbonyl (C=O) groups is 1. The Labute approximate surface area is 140 Å². The fourth-order valence-electron chi connectivity index (χ4n) is 2.66. The lowest BCUT2D eigenvalue weighted by Crippen LogP contribution is -2.22. The van der Waals surface area contributed by atoms with Crippen LogP contribution in [0.2, 0.25) is 0 Å². The van der Waals surface area contributed by atoms with Crippen LogP contribution in [0.4, 0.5) is 5.82 Å². The lowest BCUT2D eigenvalue weighted by Gasteiger charge is -2.20. The van der Waals surface area contributed by atoms with Crippen LogP contribution < -0.4 is 4.90 Å². The van der Waals surface area contributed by atoms with Crippen molar-refractivity contribution in [3.63, 3.8) is 0 Å². The van der Waals surface area contributed by atoms with Gasteiger partial charge in [-0.3, -0.25) is 0 Å². The van der Waals surface area contributed by atoms with Crippen LogP contribution in [0, 0.1) is 11.8 Å². The van der Waals surface area contributed by atoms with Crippen LogP contribution in [0.5, 0.6) is 0 Å². The normalized spacial score (nSPS) is 22.0. The highest BCUT2D eigenvalue weighted by Gasteiger charge is 2.28. The summed E-state index contributed by atoms with van der Waals surface area (Å²) in [6.45, 7) is 10.5. The second-order valence-corrected chi connectivity index (χ2v) is 6.89. The average Bonchev–Trinajstić information content (AvgIpc) is 2.78. The zero-order valence-corrected chi connectivity index (χ0v) is 15.2. The zero-order chi connectivity index (χ0) is 16.3. The van der Waals surface area contributed by atoms with Gasteiger partial charge in [0, 0.05) is 34.9 Å². The second-order valence-electron chi connectivity index (χ2n) is 5.97. The smallest absolute Gasteiger partial charge is 0.333 e. The van der Waals surface area contributed by atoms with Crippen LogP contribution in [0.15, 0.2) is 22.3 Å². The fraction of sp³-hybridized carbons (Fsp3) is 0.529.